The molecule has 5 nitrogen and oxygen atoms in total. The Morgan fingerprint density at radius 1 is 0.931 bits per heavy atom. The number of hydrogen-bond donors (Lipinski definition) is 1. The number of nitrogens with one attached hydrogen (secondary N) is 1. The van der Waals surface area contributed by atoms with Gasteiger partial charge in [-0.15, -0.1) is 0 Å². The molecule has 154 valence electrons. The fraction of sp³-hybridized carbons (Fsp3) is 0.417. The van der Waals surface area contributed by atoms with E-state index in [9.17, 15) is 9.59 Å². The zero-order valence-corrected chi connectivity index (χ0v) is 17.5. The number of piperidine rings is 1. The second-order valence-corrected chi connectivity index (χ2v) is 7.51. The van der Waals surface area contributed by atoms with E-state index < -0.39 is 0 Å². The largest absolute Gasteiger partial charge is 0.339 e. The van der Waals surface area contributed by atoms with Gasteiger partial charge in [0, 0.05) is 25.2 Å². The highest BCUT2D eigenvalue weighted by Gasteiger charge is 2.18. The van der Waals surface area contributed by atoms with Crippen molar-refractivity contribution < 1.29 is 9.59 Å². The molecule has 0 bridgehead atoms. The van der Waals surface area contributed by atoms with Gasteiger partial charge in [-0.1, -0.05) is 30.7 Å². The van der Waals surface area contributed by atoms with Crippen molar-refractivity contribution in [3.05, 3.63) is 65.2 Å². The van der Waals surface area contributed by atoms with E-state index in [1.54, 1.807) is 17.0 Å². The van der Waals surface area contributed by atoms with Gasteiger partial charge in [-0.05, 0) is 69.6 Å². The summed E-state index contributed by atoms with van der Waals surface area (Å²) in [6, 6.07) is 15.0. The molecular formula is C24H31N3O2. The van der Waals surface area contributed by atoms with E-state index in [1.807, 2.05) is 50.2 Å². The Kier molecular flexibility index (Phi) is 7.42. The van der Waals surface area contributed by atoms with Crippen molar-refractivity contribution in [2.75, 3.05) is 31.5 Å². The van der Waals surface area contributed by atoms with Gasteiger partial charge in [0.05, 0.1) is 11.3 Å². The van der Waals surface area contributed by atoms with Crippen LogP contribution >= 0.6 is 0 Å². The van der Waals surface area contributed by atoms with Gasteiger partial charge in [-0.25, -0.2) is 0 Å². The van der Waals surface area contributed by atoms with Crippen molar-refractivity contribution in [3.63, 3.8) is 0 Å². The highest BCUT2D eigenvalue weighted by atomic mass is 16.2. The maximum Gasteiger partial charge on any atom is 0.255 e. The standard InChI is InChI=1S/C24H31N3O2/c1-3-27(4-2)24(29)21-10-6-7-11-22(21)25-23(28)20-14-12-19(13-15-20)18-26-16-8-5-9-17-26/h6-7,10-15H,3-5,8-9,16-18H2,1-2H3,(H,25,28). The highest BCUT2D eigenvalue weighted by Crippen LogP contribution is 2.19. The Morgan fingerprint density at radius 2 is 1.59 bits per heavy atom. The van der Waals surface area contributed by atoms with Gasteiger partial charge in [0.15, 0.2) is 0 Å². The third kappa shape index (κ3) is 5.45. The smallest absolute Gasteiger partial charge is 0.255 e. The first-order valence-electron chi connectivity index (χ1n) is 10.6. The molecule has 3 rings (SSSR count). The molecule has 0 aromatic heterocycles. The number of nitrogens with zero attached hydrogens (tertiary/aromatic N) is 2. The lowest BCUT2D eigenvalue weighted by atomic mass is 10.1. The number of anilines is 1. The summed E-state index contributed by atoms with van der Waals surface area (Å²) in [6.45, 7) is 8.41. The maximum atomic E-state index is 12.8. The summed E-state index contributed by atoms with van der Waals surface area (Å²) in [5.74, 6) is -0.267. The van der Waals surface area contributed by atoms with Crippen molar-refractivity contribution in [1.82, 2.24) is 9.80 Å². The van der Waals surface area contributed by atoms with Gasteiger partial charge in [0.25, 0.3) is 11.8 Å². The third-order valence-corrected chi connectivity index (χ3v) is 5.53. The average molecular weight is 394 g/mol. The molecule has 2 aromatic carbocycles. The minimum Gasteiger partial charge on any atom is -0.339 e. The molecular weight excluding hydrogens is 362 g/mol. The fourth-order valence-electron chi connectivity index (χ4n) is 3.79. The lowest BCUT2D eigenvalue weighted by molar-refractivity contribution is 0.0774. The molecule has 2 amide bonds. The van der Waals surface area contributed by atoms with E-state index in [4.69, 9.17) is 0 Å². The first kappa shape index (κ1) is 21.1. The number of para-hydroxylation sites is 1. The molecule has 1 aliphatic heterocycles. The first-order chi connectivity index (χ1) is 14.1. The fourth-order valence-corrected chi connectivity index (χ4v) is 3.79. The second-order valence-electron chi connectivity index (χ2n) is 7.51. The quantitative estimate of drug-likeness (QED) is 0.758. The van der Waals surface area contributed by atoms with Crippen molar-refractivity contribution in [3.8, 4) is 0 Å². The molecule has 0 unspecified atom stereocenters. The van der Waals surface area contributed by atoms with Crippen LogP contribution in [0.15, 0.2) is 48.5 Å². The van der Waals surface area contributed by atoms with Crippen LogP contribution in [0.3, 0.4) is 0 Å². The lowest BCUT2D eigenvalue weighted by Gasteiger charge is -2.26. The molecule has 5 heteroatoms. The molecule has 1 N–H and O–H groups in total. The summed E-state index contributed by atoms with van der Waals surface area (Å²) in [4.78, 5) is 29.7. The van der Waals surface area contributed by atoms with Gasteiger partial charge >= 0.3 is 0 Å². The first-order valence-corrected chi connectivity index (χ1v) is 10.6. The average Bonchev–Trinajstić information content (AvgIpc) is 2.76. The Hall–Kier alpha value is -2.66. The van der Waals surface area contributed by atoms with E-state index in [0.717, 1.165) is 19.6 Å². The van der Waals surface area contributed by atoms with E-state index in [1.165, 1.54) is 24.8 Å². The van der Waals surface area contributed by atoms with Gasteiger partial charge in [0.1, 0.15) is 0 Å². The van der Waals surface area contributed by atoms with Crippen LogP contribution in [-0.2, 0) is 6.54 Å². The third-order valence-electron chi connectivity index (χ3n) is 5.53. The van der Waals surface area contributed by atoms with Gasteiger partial charge in [-0.2, -0.15) is 0 Å². The number of rotatable bonds is 7. The summed E-state index contributed by atoms with van der Waals surface area (Å²) in [7, 11) is 0. The normalized spacial score (nSPS) is 14.4. The number of carbonyl (C=O) groups excluding carboxylic acids is 2. The number of amides is 2. The maximum absolute atomic E-state index is 12.8. The zero-order valence-electron chi connectivity index (χ0n) is 17.5. The summed E-state index contributed by atoms with van der Waals surface area (Å²) in [5, 5.41) is 2.91. The Morgan fingerprint density at radius 3 is 2.24 bits per heavy atom. The minimum atomic E-state index is -0.200. The van der Waals surface area contributed by atoms with Gasteiger partial charge < -0.3 is 10.2 Å². The summed E-state index contributed by atoms with van der Waals surface area (Å²) in [5.41, 5.74) is 2.89. The molecule has 2 aromatic rings. The Balaban J connectivity index is 1.68. The lowest BCUT2D eigenvalue weighted by Crippen LogP contribution is -2.31. The van der Waals surface area contributed by atoms with Crippen LogP contribution in [0.1, 0.15) is 59.4 Å². The van der Waals surface area contributed by atoms with E-state index in [2.05, 4.69) is 10.2 Å². The number of benzene rings is 2. The van der Waals surface area contributed by atoms with Crippen LogP contribution in [-0.4, -0.2) is 47.8 Å². The molecule has 1 fully saturated rings. The van der Waals surface area contributed by atoms with Crippen LogP contribution in [0.5, 0.6) is 0 Å². The second kappa shape index (κ2) is 10.2. The van der Waals surface area contributed by atoms with Crippen molar-refractivity contribution in [1.29, 1.82) is 0 Å². The molecule has 0 atom stereocenters. The SMILES string of the molecule is CCN(CC)C(=O)c1ccccc1NC(=O)c1ccc(CN2CCCCC2)cc1. The van der Waals surface area contributed by atoms with Crippen LogP contribution < -0.4 is 5.32 Å². The molecule has 1 heterocycles. The molecule has 1 saturated heterocycles. The Bertz CT molecular complexity index is 822. The summed E-state index contributed by atoms with van der Waals surface area (Å²) in [6.07, 6.45) is 3.87. The van der Waals surface area contributed by atoms with Gasteiger partial charge in [0.2, 0.25) is 0 Å². The van der Waals surface area contributed by atoms with Crippen molar-refractivity contribution in [2.45, 2.75) is 39.7 Å². The van der Waals surface area contributed by atoms with E-state index in [0.29, 0.717) is 29.9 Å². The molecule has 29 heavy (non-hydrogen) atoms. The topological polar surface area (TPSA) is 52.7 Å². The number of hydrogen-bond acceptors (Lipinski definition) is 3. The monoisotopic (exact) mass is 393 g/mol. The van der Waals surface area contributed by atoms with Crippen molar-refractivity contribution >= 4 is 17.5 Å². The number of carbonyl (C=O) groups is 2. The Labute approximate surface area is 173 Å². The van der Waals surface area contributed by atoms with Crippen LogP contribution in [0, 0.1) is 0 Å². The van der Waals surface area contributed by atoms with Crippen LogP contribution in [0.2, 0.25) is 0 Å². The summed E-state index contributed by atoms with van der Waals surface area (Å²) >= 11 is 0. The summed E-state index contributed by atoms with van der Waals surface area (Å²) < 4.78 is 0. The van der Waals surface area contributed by atoms with E-state index in [-0.39, 0.29) is 11.8 Å². The molecule has 0 spiro atoms. The molecule has 0 aliphatic carbocycles. The van der Waals surface area contributed by atoms with Gasteiger partial charge in [-0.3, -0.25) is 14.5 Å². The number of likely N-dealkylation sites (tertiary alicyclic amines) is 1. The predicted octanol–water partition coefficient (Wildman–Crippen LogP) is 4.41. The highest BCUT2D eigenvalue weighted by molar-refractivity contribution is 6.09. The minimum absolute atomic E-state index is 0.0669. The molecule has 0 radical (unpaired) electrons. The van der Waals surface area contributed by atoms with Crippen molar-refractivity contribution in [2.24, 2.45) is 0 Å². The van der Waals surface area contributed by atoms with Crippen LogP contribution in [0.4, 0.5) is 5.69 Å². The molecule has 0 saturated carbocycles. The zero-order chi connectivity index (χ0) is 20.6. The van der Waals surface area contributed by atoms with E-state index >= 15 is 0 Å². The molecule has 1 aliphatic rings. The van der Waals surface area contributed by atoms with Crippen LogP contribution in [0.25, 0.3) is 0 Å². The predicted molar refractivity (Wildman–Crippen MR) is 117 cm³/mol.